The fourth-order valence-corrected chi connectivity index (χ4v) is 7.02. The molecule has 0 aliphatic heterocycles. The molecule has 0 bridgehead atoms. The van der Waals surface area contributed by atoms with Crippen LogP contribution in [0.2, 0.25) is 0 Å². The third-order valence-corrected chi connectivity index (χ3v) is 8.55. The van der Waals surface area contributed by atoms with Crippen LogP contribution >= 0.6 is 27.3 Å². The van der Waals surface area contributed by atoms with Crippen LogP contribution in [0.5, 0.6) is 0 Å². The third kappa shape index (κ3) is 5.02. The molecule has 1 amide bonds. The molecule has 3 aromatic rings. The van der Waals surface area contributed by atoms with Crippen LogP contribution in [-0.4, -0.2) is 26.5 Å². The van der Waals surface area contributed by atoms with Crippen molar-refractivity contribution in [2.24, 2.45) is 5.41 Å². The number of carbonyl (C=O) groups excluding carboxylic acids is 1. The summed E-state index contributed by atoms with van der Waals surface area (Å²) in [6.07, 6.45) is -0.123. The fourth-order valence-electron chi connectivity index (χ4n) is 3.06. The average molecular weight is 541 g/mol. The van der Waals surface area contributed by atoms with Crippen LogP contribution in [0.15, 0.2) is 62.2 Å². The SMILES string of the molecule is CNC(=O)OC(c1cc(-c2cccnc2F)c(S(=O)(=O)c2cccc(Br)c2)s1)C(C)(C)C. The molecule has 2 heterocycles. The minimum atomic E-state index is -4.01. The Morgan fingerprint density at radius 2 is 1.91 bits per heavy atom. The first-order valence-corrected chi connectivity index (χ1v) is 12.7. The second kappa shape index (κ2) is 9.29. The first kappa shape index (κ1) is 24.3. The summed E-state index contributed by atoms with van der Waals surface area (Å²) < 4.78 is 47.9. The Labute approximate surface area is 198 Å². The summed E-state index contributed by atoms with van der Waals surface area (Å²) in [6, 6.07) is 10.9. The van der Waals surface area contributed by atoms with E-state index in [0.717, 1.165) is 11.3 Å². The van der Waals surface area contributed by atoms with Crippen molar-refractivity contribution in [1.82, 2.24) is 10.3 Å². The monoisotopic (exact) mass is 540 g/mol. The second-order valence-corrected chi connectivity index (χ2v) is 12.2. The smallest absolute Gasteiger partial charge is 0.407 e. The molecule has 1 N–H and O–H groups in total. The van der Waals surface area contributed by atoms with Gasteiger partial charge in [-0.2, -0.15) is 4.39 Å². The maximum Gasteiger partial charge on any atom is 0.407 e. The Kier molecular flexibility index (Phi) is 7.06. The van der Waals surface area contributed by atoms with Gasteiger partial charge in [0.15, 0.2) is 0 Å². The molecule has 32 heavy (non-hydrogen) atoms. The molecule has 0 aliphatic carbocycles. The van der Waals surface area contributed by atoms with Gasteiger partial charge in [-0.3, -0.25) is 0 Å². The first-order chi connectivity index (χ1) is 14.9. The highest BCUT2D eigenvalue weighted by atomic mass is 79.9. The number of rotatable bonds is 5. The summed E-state index contributed by atoms with van der Waals surface area (Å²) in [5.74, 6) is -0.790. The second-order valence-electron chi connectivity index (χ2n) is 8.05. The van der Waals surface area contributed by atoms with Gasteiger partial charge in [0, 0.05) is 39.1 Å². The Morgan fingerprint density at radius 1 is 1.19 bits per heavy atom. The van der Waals surface area contributed by atoms with Crippen molar-refractivity contribution < 1.29 is 22.3 Å². The van der Waals surface area contributed by atoms with E-state index >= 15 is 0 Å². The molecule has 10 heteroatoms. The van der Waals surface area contributed by atoms with Crippen molar-refractivity contribution in [3.63, 3.8) is 0 Å². The maximum absolute atomic E-state index is 14.6. The molecule has 1 atom stereocenters. The Hall–Kier alpha value is -2.30. The van der Waals surface area contributed by atoms with E-state index in [1.54, 1.807) is 18.2 Å². The molecule has 0 aliphatic rings. The largest absolute Gasteiger partial charge is 0.440 e. The van der Waals surface area contributed by atoms with E-state index in [4.69, 9.17) is 4.74 Å². The van der Waals surface area contributed by atoms with E-state index < -0.39 is 33.4 Å². The summed E-state index contributed by atoms with van der Waals surface area (Å²) in [7, 11) is -2.57. The van der Waals surface area contributed by atoms with Gasteiger partial charge in [0.25, 0.3) is 0 Å². The Bertz CT molecular complexity index is 1250. The van der Waals surface area contributed by atoms with Gasteiger partial charge in [0.2, 0.25) is 15.8 Å². The van der Waals surface area contributed by atoms with Crippen molar-refractivity contribution in [2.75, 3.05) is 7.05 Å². The normalized spacial score (nSPS) is 12.9. The minimum absolute atomic E-state index is 0.0488. The molecule has 1 aromatic carbocycles. The van der Waals surface area contributed by atoms with Gasteiger partial charge < -0.3 is 10.1 Å². The molecule has 0 saturated heterocycles. The van der Waals surface area contributed by atoms with Gasteiger partial charge in [-0.25, -0.2) is 18.2 Å². The number of ether oxygens (including phenoxy) is 1. The van der Waals surface area contributed by atoms with Gasteiger partial charge in [-0.05, 0) is 36.4 Å². The molecule has 2 aromatic heterocycles. The topological polar surface area (TPSA) is 85.4 Å². The number of aromatic nitrogens is 1. The van der Waals surface area contributed by atoms with Crippen LogP contribution in [0.3, 0.4) is 0 Å². The number of nitrogens with one attached hydrogen (secondary N) is 1. The Balaban J connectivity index is 2.28. The summed E-state index contributed by atoms with van der Waals surface area (Å²) in [5.41, 5.74) is -0.333. The molecule has 6 nitrogen and oxygen atoms in total. The molecule has 3 rings (SSSR count). The molecular weight excluding hydrogens is 519 g/mol. The van der Waals surface area contributed by atoms with Crippen molar-refractivity contribution in [2.45, 2.75) is 36.0 Å². The molecule has 0 fully saturated rings. The van der Waals surface area contributed by atoms with E-state index in [2.05, 4.69) is 26.2 Å². The van der Waals surface area contributed by atoms with Gasteiger partial charge in [0.05, 0.1) is 4.90 Å². The number of amides is 1. The lowest BCUT2D eigenvalue weighted by Gasteiger charge is -2.29. The number of sulfone groups is 1. The third-order valence-electron chi connectivity index (χ3n) is 4.59. The van der Waals surface area contributed by atoms with Gasteiger partial charge in [0.1, 0.15) is 10.3 Å². The van der Waals surface area contributed by atoms with E-state index in [-0.39, 0.29) is 20.2 Å². The highest BCUT2D eigenvalue weighted by Gasteiger charge is 2.35. The van der Waals surface area contributed by atoms with E-state index in [1.807, 2.05) is 20.8 Å². The number of hydrogen-bond donors (Lipinski definition) is 1. The predicted octanol–water partition coefficient (Wildman–Crippen LogP) is 5.99. The molecule has 1 unspecified atom stereocenters. The lowest BCUT2D eigenvalue weighted by Crippen LogP contribution is -2.28. The number of alkyl carbamates (subject to hydrolysis) is 1. The minimum Gasteiger partial charge on any atom is -0.440 e. The summed E-state index contributed by atoms with van der Waals surface area (Å²) in [6.45, 7) is 5.60. The van der Waals surface area contributed by atoms with E-state index in [1.165, 1.54) is 37.5 Å². The maximum atomic E-state index is 14.6. The number of halogens is 2. The number of pyridine rings is 1. The van der Waals surface area contributed by atoms with E-state index in [0.29, 0.717) is 9.35 Å². The van der Waals surface area contributed by atoms with Crippen LogP contribution in [-0.2, 0) is 14.6 Å². The molecule has 0 radical (unpaired) electrons. The van der Waals surface area contributed by atoms with Gasteiger partial charge >= 0.3 is 6.09 Å². The first-order valence-electron chi connectivity index (χ1n) is 9.58. The average Bonchev–Trinajstić information content (AvgIpc) is 3.16. The van der Waals surface area contributed by atoms with Crippen molar-refractivity contribution in [1.29, 1.82) is 0 Å². The number of nitrogens with zero attached hydrogens (tertiary/aromatic N) is 1. The zero-order valence-electron chi connectivity index (χ0n) is 17.8. The standard InChI is InChI=1S/C22H22BrFN2O4S2/c1-22(2,3)18(30-21(27)25-4)17-12-16(15-9-6-10-26-19(15)24)20(31-17)32(28,29)14-8-5-7-13(23)11-14/h5-12,18H,1-4H3,(H,25,27). The lowest BCUT2D eigenvalue weighted by molar-refractivity contribution is 0.0338. The molecule has 0 saturated carbocycles. The van der Waals surface area contributed by atoms with Crippen LogP contribution in [0, 0.1) is 11.4 Å². The lowest BCUT2D eigenvalue weighted by atomic mass is 9.87. The number of thiophene rings is 1. The van der Waals surface area contributed by atoms with Gasteiger partial charge in [-0.15, -0.1) is 11.3 Å². The van der Waals surface area contributed by atoms with Crippen LogP contribution in [0.1, 0.15) is 31.8 Å². The summed E-state index contributed by atoms with van der Waals surface area (Å²) in [5, 5.41) is 2.41. The van der Waals surface area contributed by atoms with Gasteiger partial charge in [-0.1, -0.05) is 42.8 Å². The fraction of sp³-hybridized carbons (Fsp3) is 0.273. The molecule has 170 valence electrons. The van der Waals surface area contributed by atoms with Crippen LogP contribution < -0.4 is 5.32 Å². The predicted molar refractivity (Wildman–Crippen MR) is 125 cm³/mol. The van der Waals surface area contributed by atoms with Crippen LogP contribution in [0.4, 0.5) is 9.18 Å². The van der Waals surface area contributed by atoms with Crippen LogP contribution in [0.25, 0.3) is 11.1 Å². The number of benzene rings is 1. The Morgan fingerprint density at radius 3 is 2.50 bits per heavy atom. The molecular formula is C22H22BrFN2O4S2. The quantitative estimate of drug-likeness (QED) is 0.402. The highest BCUT2D eigenvalue weighted by molar-refractivity contribution is 9.10. The summed E-state index contributed by atoms with van der Waals surface area (Å²) >= 11 is 4.25. The van der Waals surface area contributed by atoms with Crippen molar-refractivity contribution in [3.8, 4) is 11.1 Å². The summed E-state index contributed by atoms with van der Waals surface area (Å²) in [4.78, 5) is 16.2. The number of carbonyl (C=O) groups is 1. The molecule has 0 spiro atoms. The van der Waals surface area contributed by atoms with E-state index in [9.17, 15) is 17.6 Å². The zero-order valence-corrected chi connectivity index (χ0v) is 21.1. The number of hydrogen-bond acceptors (Lipinski definition) is 6. The van der Waals surface area contributed by atoms with Crippen molar-refractivity contribution in [3.05, 3.63) is 64.0 Å². The highest BCUT2D eigenvalue weighted by Crippen LogP contribution is 2.46. The van der Waals surface area contributed by atoms with Crippen molar-refractivity contribution >= 4 is 43.2 Å². The zero-order chi connectivity index (χ0) is 23.7.